The number of fused-ring (bicyclic) bond motifs is 1. The van der Waals surface area contributed by atoms with Crippen LogP contribution in [0.2, 0.25) is 0 Å². The van der Waals surface area contributed by atoms with Gasteiger partial charge in [-0.25, -0.2) is 12.8 Å². The number of benzene rings is 2. The van der Waals surface area contributed by atoms with Gasteiger partial charge in [-0.3, -0.25) is 4.79 Å². The minimum absolute atomic E-state index is 0.0119. The summed E-state index contributed by atoms with van der Waals surface area (Å²) in [5, 5.41) is 0. The molecule has 9 heteroatoms. The Morgan fingerprint density at radius 2 is 1.93 bits per heavy atom. The first-order chi connectivity index (χ1) is 14.3. The van der Waals surface area contributed by atoms with Gasteiger partial charge in [0.05, 0.1) is 27.5 Å². The molecular formula is C21H23FN2O4S2. The number of hydrogen-bond acceptors (Lipinski definition) is 5. The van der Waals surface area contributed by atoms with Crippen molar-refractivity contribution in [2.45, 2.75) is 31.2 Å². The molecule has 0 aliphatic rings. The summed E-state index contributed by atoms with van der Waals surface area (Å²) in [5.41, 5.74) is 1.75. The number of rotatable bonds is 8. The zero-order valence-corrected chi connectivity index (χ0v) is 18.4. The third-order valence-corrected chi connectivity index (χ3v) is 7.43. The van der Waals surface area contributed by atoms with Gasteiger partial charge in [0.1, 0.15) is 5.82 Å². The van der Waals surface area contributed by atoms with Crippen molar-refractivity contribution >= 4 is 37.3 Å². The van der Waals surface area contributed by atoms with E-state index in [1.807, 2.05) is 11.5 Å². The summed E-state index contributed by atoms with van der Waals surface area (Å²) in [7, 11) is -1.87. The lowest BCUT2D eigenvalue weighted by Crippen LogP contribution is -2.19. The van der Waals surface area contributed by atoms with E-state index in [-0.39, 0.29) is 29.3 Å². The molecule has 2 aromatic carbocycles. The molecular weight excluding hydrogens is 427 g/mol. The number of halogens is 1. The van der Waals surface area contributed by atoms with Gasteiger partial charge in [0, 0.05) is 20.1 Å². The maximum absolute atomic E-state index is 13.6. The van der Waals surface area contributed by atoms with E-state index in [9.17, 15) is 17.6 Å². The standard InChI is InChI=1S/C21H23FN2O4S2/c1-15-5-8-17(9-6-15)30(26,27)13-3-4-20(25)23-21-24(11-12-28-2)18-10-7-16(22)14-19(18)29-21/h5-10,14H,3-4,11-13H2,1-2H3. The van der Waals surface area contributed by atoms with E-state index in [0.29, 0.717) is 22.7 Å². The number of nitrogens with zero attached hydrogens (tertiary/aromatic N) is 2. The number of carbonyl (C=O) groups is 1. The molecule has 0 bridgehead atoms. The van der Waals surface area contributed by atoms with Crippen LogP contribution in [0.3, 0.4) is 0 Å². The van der Waals surface area contributed by atoms with Crippen molar-refractivity contribution < 1.29 is 22.3 Å². The molecule has 0 radical (unpaired) electrons. The molecule has 1 heterocycles. The Balaban J connectivity index is 1.74. The molecule has 3 rings (SSSR count). The second-order valence-electron chi connectivity index (χ2n) is 6.88. The van der Waals surface area contributed by atoms with E-state index in [2.05, 4.69) is 4.99 Å². The lowest BCUT2D eigenvalue weighted by Gasteiger charge is -2.05. The quantitative estimate of drug-likeness (QED) is 0.526. The Labute approximate surface area is 178 Å². The molecule has 30 heavy (non-hydrogen) atoms. The number of amides is 1. The van der Waals surface area contributed by atoms with Crippen LogP contribution in [0.15, 0.2) is 52.4 Å². The molecule has 0 spiro atoms. The summed E-state index contributed by atoms with van der Waals surface area (Å²) in [6.07, 6.45) is 0.189. The van der Waals surface area contributed by atoms with Crippen LogP contribution in [0.5, 0.6) is 0 Å². The predicted octanol–water partition coefficient (Wildman–Crippen LogP) is 3.48. The highest BCUT2D eigenvalue weighted by molar-refractivity contribution is 7.91. The van der Waals surface area contributed by atoms with Crippen LogP contribution >= 0.6 is 11.3 Å². The van der Waals surface area contributed by atoms with Crippen LogP contribution in [0.4, 0.5) is 4.39 Å². The highest BCUT2D eigenvalue weighted by Crippen LogP contribution is 2.19. The van der Waals surface area contributed by atoms with Gasteiger partial charge in [0.2, 0.25) is 5.91 Å². The fourth-order valence-electron chi connectivity index (χ4n) is 2.97. The number of aryl methyl sites for hydroxylation is 1. The molecule has 0 aliphatic carbocycles. The highest BCUT2D eigenvalue weighted by atomic mass is 32.2. The number of aromatic nitrogens is 1. The van der Waals surface area contributed by atoms with Gasteiger partial charge in [-0.05, 0) is 43.7 Å². The molecule has 1 amide bonds. The topological polar surface area (TPSA) is 77.7 Å². The zero-order chi connectivity index (χ0) is 21.7. The normalized spacial score (nSPS) is 12.6. The van der Waals surface area contributed by atoms with E-state index in [1.165, 1.54) is 23.5 Å². The average Bonchev–Trinajstić information content (AvgIpc) is 3.02. The fourth-order valence-corrected chi connectivity index (χ4v) is 5.38. The minimum atomic E-state index is -3.45. The highest BCUT2D eigenvalue weighted by Gasteiger charge is 2.15. The van der Waals surface area contributed by atoms with Crippen LogP contribution in [0.1, 0.15) is 18.4 Å². The molecule has 0 aliphatic heterocycles. The van der Waals surface area contributed by atoms with E-state index in [0.717, 1.165) is 11.1 Å². The van der Waals surface area contributed by atoms with Crippen LogP contribution in [0, 0.1) is 12.7 Å². The van der Waals surface area contributed by atoms with Gasteiger partial charge in [0.25, 0.3) is 0 Å². The summed E-state index contributed by atoms with van der Waals surface area (Å²) in [6, 6.07) is 11.1. The first-order valence-electron chi connectivity index (χ1n) is 9.45. The van der Waals surface area contributed by atoms with Gasteiger partial charge >= 0.3 is 0 Å². The van der Waals surface area contributed by atoms with Crippen molar-refractivity contribution in [2.24, 2.45) is 4.99 Å². The second-order valence-corrected chi connectivity index (χ2v) is 10.0. The van der Waals surface area contributed by atoms with Gasteiger partial charge in [-0.1, -0.05) is 29.0 Å². The van der Waals surface area contributed by atoms with E-state index in [1.54, 1.807) is 37.4 Å². The molecule has 0 saturated heterocycles. The van der Waals surface area contributed by atoms with E-state index < -0.39 is 15.7 Å². The third-order valence-electron chi connectivity index (χ3n) is 4.57. The summed E-state index contributed by atoms with van der Waals surface area (Å²) in [6.45, 7) is 2.77. The Hall–Kier alpha value is -2.36. The van der Waals surface area contributed by atoms with Crippen molar-refractivity contribution in [3.63, 3.8) is 0 Å². The maximum atomic E-state index is 13.6. The molecule has 0 N–H and O–H groups in total. The molecule has 0 unspecified atom stereocenters. The van der Waals surface area contributed by atoms with Crippen LogP contribution in [-0.4, -0.2) is 38.4 Å². The fraction of sp³-hybridized carbons (Fsp3) is 0.333. The van der Waals surface area contributed by atoms with Crippen molar-refractivity contribution in [3.8, 4) is 0 Å². The average molecular weight is 451 g/mol. The number of ether oxygens (including phenoxy) is 1. The lowest BCUT2D eigenvalue weighted by atomic mass is 10.2. The lowest BCUT2D eigenvalue weighted by molar-refractivity contribution is -0.118. The maximum Gasteiger partial charge on any atom is 0.248 e. The Bertz CT molecular complexity index is 1210. The minimum Gasteiger partial charge on any atom is -0.383 e. The predicted molar refractivity (Wildman–Crippen MR) is 115 cm³/mol. The third kappa shape index (κ3) is 5.41. The van der Waals surface area contributed by atoms with Crippen LogP contribution in [-0.2, 0) is 25.9 Å². The summed E-state index contributed by atoms with van der Waals surface area (Å²) in [4.78, 5) is 17.2. The van der Waals surface area contributed by atoms with Crippen molar-refractivity contribution in [2.75, 3.05) is 19.5 Å². The van der Waals surface area contributed by atoms with Crippen LogP contribution in [0.25, 0.3) is 10.2 Å². The Kier molecular flexibility index (Phi) is 7.17. The molecule has 0 atom stereocenters. The second kappa shape index (κ2) is 9.63. The van der Waals surface area contributed by atoms with Gasteiger partial charge < -0.3 is 9.30 Å². The number of thiazole rings is 1. The first kappa shape index (κ1) is 22.3. The van der Waals surface area contributed by atoms with Gasteiger partial charge in [-0.15, -0.1) is 0 Å². The summed E-state index contributed by atoms with van der Waals surface area (Å²) >= 11 is 1.22. The Morgan fingerprint density at radius 3 is 2.63 bits per heavy atom. The number of hydrogen-bond donors (Lipinski definition) is 0. The van der Waals surface area contributed by atoms with Crippen molar-refractivity contribution in [1.29, 1.82) is 0 Å². The van der Waals surface area contributed by atoms with E-state index in [4.69, 9.17) is 4.74 Å². The molecule has 0 fully saturated rings. The first-order valence-corrected chi connectivity index (χ1v) is 11.9. The number of sulfone groups is 1. The number of carbonyl (C=O) groups excluding carboxylic acids is 1. The molecule has 160 valence electrons. The smallest absolute Gasteiger partial charge is 0.248 e. The van der Waals surface area contributed by atoms with E-state index >= 15 is 0 Å². The monoisotopic (exact) mass is 450 g/mol. The van der Waals surface area contributed by atoms with Gasteiger partial charge in [0.15, 0.2) is 14.6 Å². The van der Waals surface area contributed by atoms with Crippen molar-refractivity contribution in [1.82, 2.24) is 4.57 Å². The Morgan fingerprint density at radius 1 is 1.20 bits per heavy atom. The summed E-state index contributed by atoms with van der Waals surface area (Å²) < 4.78 is 46.0. The largest absolute Gasteiger partial charge is 0.383 e. The summed E-state index contributed by atoms with van der Waals surface area (Å²) in [5.74, 6) is -0.896. The molecule has 1 aromatic heterocycles. The SMILES string of the molecule is COCCn1c(=NC(=O)CCCS(=O)(=O)c2ccc(C)cc2)sc2cc(F)ccc21. The van der Waals surface area contributed by atoms with Crippen LogP contribution < -0.4 is 4.80 Å². The zero-order valence-electron chi connectivity index (χ0n) is 16.8. The molecule has 3 aromatic rings. The molecule has 6 nitrogen and oxygen atoms in total. The molecule has 0 saturated carbocycles. The van der Waals surface area contributed by atoms with Gasteiger partial charge in [-0.2, -0.15) is 4.99 Å². The van der Waals surface area contributed by atoms with Crippen molar-refractivity contribution in [3.05, 3.63) is 58.6 Å². The number of methoxy groups -OCH3 is 1.